The first kappa shape index (κ1) is 10.8. The fourth-order valence-electron chi connectivity index (χ4n) is 1.51. The van der Waals surface area contributed by atoms with E-state index in [9.17, 15) is 4.39 Å². The molecule has 1 aromatic heterocycles. The molecule has 2 N–H and O–H groups in total. The van der Waals surface area contributed by atoms with Gasteiger partial charge < -0.3 is 5.73 Å². The molecule has 4 nitrogen and oxygen atoms in total. The molecule has 5 heteroatoms. The molecule has 0 aliphatic carbocycles. The average molecular weight is 220 g/mol. The number of aromatic nitrogens is 3. The quantitative estimate of drug-likeness (QED) is 0.846. The predicted molar refractivity (Wildman–Crippen MR) is 58.2 cm³/mol. The SMILES string of the molecule is Cc1cc(F)ccc1Cn1cnc(CN)n1. The molecule has 0 saturated heterocycles. The molecule has 0 spiro atoms. The Balaban J connectivity index is 2.20. The van der Waals surface area contributed by atoms with E-state index in [0.29, 0.717) is 18.9 Å². The molecule has 0 saturated carbocycles. The van der Waals surface area contributed by atoms with Gasteiger partial charge in [-0.2, -0.15) is 5.10 Å². The maximum Gasteiger partial charge on any atom is 0.164 e. The standard InChI is InChI=1S/C11H13FN4/c1-8-4-10(12)3-2-9(8)6-16-7-14-11(5-13)15-16/h2-4,7H,5-6,13H2,1H3. The minimum atomic E-state index is -0.220. The second-order valence-electron chi connectivity index (χ2n) is 3.63. The van der Waals surface area contributed by atoms with Crippen LogP contribution >= 0.6 is 0 Å². The Morgan fingerprint density at radius 2 is 2.25 bits per heavy atom. The first-order chi connectivity index (χ1) is 7.69. The van der Waals surface area contributed by atoms with E-state index in [2.05, 4.69) is 10.1 Å². The van der Waals surface area contributed by atoms with Crippen molar-refractivity contribution >= 4 is 0 Å². The monoisotopic (exact) mass is 220 g/mol. The van der Waals surface area contributed by atoms with Crippen molar-refractivity contribution < 1.29 is 4.39 Å². The Morgan fingerprint density at radius 1 is 1.44 bits per heavy atom. The third kappa shape index (κ3) is 2.25. The van der Waals surface area contributed by atoms with Gasteiger partial charge in [-0.05, 0) is 30.2 Å². The number of nitrogens with two attached hydrogens (primary N) is 1. The predicted octanol–water partition coefficient (Wildman–Crippen LogP) is 1.23. The van der Waals surface area contributed by atoms with E-state index >= 15 is 0 Å². The Labute approximate surface area is 92.9 Å². The lowest BCUT2D eigenvalue weighted by molar-refractivity contribution is 0.621. The Bertz CT molecular complexity index is 492. The lowest BCUT2D eigenvalue weighted by Gasteiger charge is -2.05. The number of rotatable bonds is 3. The van der Waals surface area contributed by atoms with E-state index in [1.165, 1.54) is 12.1 Å². The van der Waals surface area contributed by atoms with Crippen LogP contribution in [0.1, 0.15) is 17.0 Å². The van der Waals surface area contributed by atoms with Gasteiger partial charge in [0.25, 0.3) is 0 Å². The van der Waals surface area contributed by atoms with Crippen LogP contribution in [0, 0.1) is 12.7 Å². The van der Waals surface area contributed by atoms with Gasteiger partial charge in [0.15, 0.2) is 5.82 Å². The van der Waals surface area contributed by atoms with E-state index in [-0.39, 0.29) is 5.82 Å². The first-order valence-electron chi connectivity index (χ1n) is 5.02. The fraction of sp³-hybridized carbons (Fsp3) is 0.273. The number of benzene rings is 1. The summed E-state index contributed by atoms with van der Waals surface area (Å²) in [7, 11) is 0. The zero-order valence-corrected chi connectivity index (χ0v) is 9.02. The molecule has 0 unspecified atom stereocenters. The molecule has 0 amide bonds. The molecule has 16 heavy (non-hydrogen) atoms. The Morgan fingerprint density at radius 3 is 2.88 bits per heavy atom. The van der Waals surface area contributed by atoms with Gasteiger partial charge in [0.2, 0.25) is 0 Å². The Kier molecular flexibility index (Phi) is 2.96. The Hall–Kier alpha value is -1.75. The normalized spacial score (nSPS) is 10.7. The van der Waals surface area contributed by atoms with E-state index in [0.717, 1.165) is 11.1 Å². The first-order valence-corrected chi connectivity index (χ1v) is 5.02. The molecular weight excluding hydrogens is 207 g/mol. The van der Waals surface area contributed by atoms with Gasteiger partial charge in [0.05, 0.1) is 13.1 Å². The van der Waals surface area contributed by atoms with Crippen LogP contribution < -0.4 is 5.73 Å². The van der Waals surface area contributed by atoms with E-state index in [1.54, 1.807) is 17.1 Å². The van der Waals surface area contributed by atoms with Crippen molar-refractivity contribution in [1.82, 2.24) is 14.8 Å². The van der Waals surface area contributed by atoms with Crippen LogP contribution in [0.4, 0.5) is 4.39 Å². The van der Waals surface area contributed by atoms with Crippen molar-refractivity contribution in [2.45, 2.75) is 20.0 Å². The molecule has 0 bridgehead atoms. The average Bonchev–Trinajstić information content (AvgIpc) is 2.70. The second kappa shape index (κ2) is 4.40. The van der Waals surface area contributed by atoms with Crippen LogP contribution in [-0.2, 0) is 13.1 Å². The van der Waals surface area contributed by atoms with E-state index < -0.39 is 0 Å². The largest absolute Gasteiger partial charge is 0.324 e. The number of nitrogens with zero attached hydrogens (tertiary/aromatic N) is 3. The molecule has 1 aromatic carbocycles. The van der Waals surface area contributed by atoms with Crippen molar-refractivity contribution in [2.75, 3.05) is 0 Å². The zero-order valence-electron chi connectivity index (χ0n) is 9.02. The lowest BCUT2D eigenvalue weighted by atomic mass is 10.1. The second-order valence-corrected chi connectivity index (χ2v) is 3.63. The fourth-order valence-corrected chi connectivity index (χ4v) is 1.51. The summed E-state index contributed by atoms with van der Waals surface area (Å²) in [4.78, 5) is 4.03. The maximum absolute atomic E-state index is 12.9. The zero-order chi connectivity index (χ0) is 11.5. The van der Waals surface area contributed by atoms with Crippen molar-refractivity contribution in [1.29, 1.82) is 0 Å². The van der Waals surface area contributed by atoms with Gasteiger partial charge in [0.1, 0.15) is 12.1 Å². The summed E-state index contributed by atoms with van der Waals surface area (Å²) in [5.74, 6) is 0.391. The lowest BCUT2D eigenvalue weighted by Crippen LogP contribution is -2.04. The number of hydrogen-bond donors (Lipinski definition) is 1. The van der Waals surface area contributed by atoms with Crippen LogP contribution in [0.2, 0.25) is 0 Å². The highest BCUT2D eigenvalue weighted by Crippen LogP contribution is 2.11. The van der Waals surface area contributed by atoms with Crippen molar-refractivity contribution in [3.05, 3.63) is 47.3 Å². The molecule has 2 rings (SSSR count). The number of halogens is 1. The smallest absolute Gasteiger partial charge is 0.164 e. The highest BCUT2D eigenvalue weighted by Gasteiger charge is 2.03. The summed E-state index contributed by atoms with van der Waals surface area (Å²) in [6.07, 6.45) is 1.63. The van der Waals surface area contributed by atoms with Crippen LogP contribution in [0.5, 0.6) is 0 Å². The summed E-state index contributed by atoms with van der Waals surface area (Å²) in [5.41, 5.74) is 7.35. The third-order valence-electron chi connectivity index (χ3n) is 2.40. The summed E-state index contributed by atoms with van der Waals surface area (Å²) >= 11 is 0. The molecule has 1 heterocycles. The minimum absolute atomic E-state index is 0.220. The molecule has 0 aliphatic rings. The van der Waals surface area contributed by atoms with Gasteiger partial charge in [-0.3, -0.25) is 0 Å². The van der Waals surface area contributed by atoms with Crippen molar-refractivity contribution in [3.8, 4) is 0 Å². The molecule has 84 valence electrons. The summed E-state index contributed by atoms with van der Waals surface area (Å²) in [6, 6.07) is 4.72. The topological polar surface area (TPSA) is 56.7 Å². The number of hydrogen-bond acceptors (Lipinski definition) is 3. The summed E-state index contributed by atoms with van der Waals surface area (Å²) < 4.78 is 14.6. The highest BCUT2D eigenvalue weighted by molar-refractivity contribution is 5.26. The van der Waals surface area contributed by atoms with Crippen LogP contribution in [0.15, 0.2) is 24.5 Å². The van der Waals surface area contributed by atoms with E-state index in [4.69, 9.17) is 5.73 Å². The van der Waals surface area contributed by atoms with Gasteiger partial charge in [-0.1, -0.05) is 6.07 Å². The maximum atomic E-state index is 12.9. The van der Waals surface area contributed by atoms with Crippen molar-refractivity contribution in [2.24, 2.45) is 5.73 Å². The highest BCUT2D eigenvalue weighted by atomic mass is 19.1. The van der Waals surface area contributed by atoms with Crippen molar-refractivity contribution in [3.63, 3.8) is 0 Å². The number of aryl methyl sites for hydroxylation is 1. The summed E-state index contributed by atoms with van der Waals surface area (Å²) in [6.45, 7) is 2.79. The minimum Gasteiger partial charge on any atom is -0.324 e. The van der Waals surface area contributed by atoms with Crippen LogP contribution in [0.3, 0.4) is 0 Å². The molecular formula is C11H13FN4. The van der Waals surface area contributed by atoms with E-state index in [1.807, 2.05) is 6.92 Å². The molecule has 0 fully saturated rings. The molecule has 0 radical (unpaired) electrons. The summed E-state index contributed by atoms with van der Waals surface area (Å²) in [5, 5.41) is 4.17. The molecule has 0 aliphatic heterocycles. The molecule has 2 aromatic rings. The van der Waals surface area contributed by atoms with Gasteiger partial charge in [0, 0.05) is 0 Å². The van der Waals surface area contributed by atoms with Crippen LogP contribution in [-0.4, -0.2) is 14.8 Å². The third-order valence-corrected chi connectivity index (χ3v) is 2.40. The van der Waals surface area contributed by atoms with Gasteiger partial charge in [-0.25, -0.2) is 14.1 Å². The van der Waals surface area contributed by atoms with Gasteiger partial charge >= 0.3 is 0 Å². The van der Waals surface area contributed by atoms with Gasteiger partial charge in [-0.15, -0.1) is 0 Å². The van der Waals surface area contributed by atoms with Crippen LogP contribution in [0.25, 0.3) is 0 Å². The molecule has 0 atom stereocenters.